The van der Waals surface area contributed by atoms with E-state index in [2.05, 4.69) is 24.9 Å². The van der Waals surface area contributed by atoms with Crippen LogP contribution < -0.4 is 26.2 Å². The molecule has 40 heavy (non-hydrogen) atoms. The van der Waals surface area contributed by atoms with Gasteiger partial charge in [0.25, 0.3) is 11.5 Å². The number of imidazole rings is 1. The number of amides is 2. The molecule has 3 aromatic heterocycles. The van der Waals surface area contributed by atoms with E-state index in [1.54, 1.807) is 53.3 Å². The Morgan fingerprint density at radius 2 is 1.82 bits per heavy atom. The summed E-state index contributed by atoms with van der Waals surface area (Å²) in [5.74, 6) is 1.26. The third-order valence-corrected chi connectivity index (χ3v) is 7.14. The van der Waals surface area contributed by atoms with Crippen LogP contribution in [-0.4, -0.2) is 25.8 Å². The highest BCUT2D eigenvalue weighted by molar-refractivity contribution is 7.27. The average molecular weight is 552 g/mol. The minimum absolute atomic E-state index is 0.00364. The number of fused-ring (bicyclic) bond motifs is 1. The summed E-state index contributed by atoms with van der Waals surface area (Å²) in [6, 6.07) is 19.5. The Balaban J connectivity index is 1.16. The highest BCUT2D eigenvalue weighted by Gasteiger charge is 2.30. The van der Waals surface area contributed by atoms with Gasteiger partial charge >= 0.3 is 0 Å². The zero-order chi connectivity index (χ0) is 27.8. The summed E-state index contributed by atoms with van der Waals surface area (Å²) in [5.41, 5.74) is 2.50. The zero-order valence-electron chi connectivity index (χ0n) is 21.6. The van der Waals surface area contributed by atoms with Crippen LogP contribution in [0.1, 0.15) is 28.8 Å². The SMILES string of the molecule is Cc1ccccc1-n1cccc(C(=O)Nc2ccc(Oc3ccc4nc(NC(=O)C5CC5)cn4c3)c(P)c2)c1=O. The first-order valence-corrected chi connectivity index (χ1v) is 13.4. The summed E-state index contributed by atoms with van der Waals surface area (Å²) in [6.07, 6.45) is 7.04. The summed E-state index contributed by atoms with van der Waals surface area (Å²) in [5, 5.41) is 6.38. The largest absolute Gasteiger partial charge is 0.455 e. The van der Waals surface area contributed by atoms with Crippen molar-refractivity contribution in [1.82, 2.24) is 14.0 Å². The van der Waals surface area contributed by atoms with Gasteiger partial charge in [0.05, 0.1) is 18.1 Å². The fourth-order valence-corrected chi connectivity index (χ4v) is 4.74. The number of hydrogen-bond donors (Lipinski definition) is 2. The normalized spacial score (nSPS) is 12.8. The Kier molecular flexibility index (Phi) is 6.66. The maximum absolute atomic E-state index is 13.1. The Morgan fingerprint density at radius 1 is 1.00 bits per heavy atom. The van der Waals surface area contributed by atoms with Gasteiger partial charge in [-0.2, -0.15) is 0 Å². The molecule has 0 spiro atoms. The van der Waals surface area contributed by atoms with E-state index in [-0.39, 0.29) is 17.4 Å². The molecule has 1 aliphatic rings. The van der Waals surface area contributed by atoms with E-state index in [0.29, 0.717) is 34.0 Å². The van der Waals surface area contributed by atoms with Crippen LogP contribution in [0.2, 0.25) is 0 Å². The van der Waals surface area contributed by atoms with E-state index in [1.165, 1.54) is 10.6 Å². The molecule has 0 bridgehead atoms. The second-order valence-electron chi connectivity index (χ2n) is 9.71. The standard InChI is InChI=1S/C30H26N5O4P/c1-18-5-2-3-7-23(18)35-14-4-6-22(30(35)38)29(37)31-20-10-12-24(25(40)15-20)39-21-11-13-27-32-26(17-34(27)16-21)33-28(36)19-8-9-19/h2-7,10-17,19H,8-9,40H2,1H3,(H,31,37)(H,33,36). The van der Waals surface area contributed by atoms with Crippen molar-refractivity contribution in [3.05, 3.63) is 107 Å². The van der Waals surface area contributed by atoms with Gasteiger partial charge in [0.15, 0.2) is 5.82 Å². The highest BCUT2D eigenvalue weighted by atomic mass is 31.0. The van der Waals surface area contributed by atoms with Crippen molar-refractivity contribution >= 4 is 43.5 Å². The Labute approximate surface area is 232 Å². The summed E-state index contributed by atoms with van der Waals surface area (Å²) in [4.78, 5) is 42.6. The second kappa shape index (κ2) is 10.4. The van der Waals surface area contributed by atoms with Gasteiger partial charge in [-0.05, 0) is 73.9 Å². The number of carbonyl (C=O) groups excluding carboxylic acids is 2. The first kappa shape index (κ1) is 25.5. The van der Waals surface area contributed by atoms with Gasteiger partial charge in [-0.1, -0.05) is 18.2 Å². The fourth-order valence-electron chi connectivity index (χ4n) is 4.40. The molecule has 2 N–H and O–H groups in total. The minimum atomic E-state index is -0.499. The van der Waals surface area contributed by atoms with Crippen LogP contribution in [0.5, 0.6) is 11.5 Å². The molecule has 0 aliphatic heterocycles. The van der Waals surface area contributed by atoms with E-state index >= 15 is 0 Å². The van der Waals surface area contributed by atoms with Gasteiger partial charge < -0.3 is 19.8 Å². The van der Waals surface area contributed by atoms with Crippen LogP contribution >= 0.6 is 9.24 Å². The first-order chi connectivity index (χ1) is 19.4. The van der Waals surface area contributed by atoms with Gasteiger partial charge in [-0.25, -0.2) is 4.98 Å². The van der Waals surface area contributed by atoms with Crippen molar-refractivity contribution in [2.45, 2.75) is 19.8 Å². The molecule has 0 radical (unpaired) electrons. The predicted octanol–water partition coefficient (Wildman–Crippen LogP) is 4.69. The lowest BCUT2D eigenvalue weighted by Crippen LogP contribution is -2.28. The molecule has 1 saturated carbocycles. The van der Waals surface area contributed by atoms with Gasteiger partial charge in [0.1, 0.15) is 22.7 Å². The quantitative estimate of drug-likeness (QED) is 0.286. The van der Waals surface area contributed by atoms with Gasteiger partial charge in [0, 0.05) is 23.1 Å². The molecular weight excluding hydrogens is 525 g/mol. The Bertz CT molecular complexity index is 1840. The van der Waals surface area contributed by atoms with Gasteiger partial charge in [-0.15, -0.1) is 9.24 Å². The fraction of sp³-hybridized carbons (Fsp3) is 0.133. The average Bonchev–Trinajstić information content (AvgIpc) is 3.71. The first-order valence-electron chi connectivity index (χ1n) is 12.8. The molecule has 1 atom stereocenters. The molecule has 1 unspecified atom stereocenters. The number of pyridine rings is 2. The highest BCUT2D eigenvalue weighted by Crippen LogP contribution is 2.30. The second-order valence-corrected chi connectivity index (χ2v) is 10.3. The van der Waals surface area contributed by atoms with Crippen molar-refractivity contribution in [3.8, 4) is 17.2 Å². The summed E-state index contributed by atoms with van der Waals surface area (Å²) >= 11 is 0. The molecule has 6 rings (SSSR count). The summed E-state index contributed by atoms with van der Waals surface area (Å²) in [7, 11) is 2.60. The van der Waals surface area contributed by atoms with Crippen LogP contribution in [0.25, 0.3) is 11.3 Å². The lowest BCUT2D eigenvalue weighted by atomic mass is 10.2. The molecule has 3 heterocycles. The number of benzene rings is 2. The summed E-state index contributed by atoms with van der Waals surface area (Å²) in [6.45, 7) is 1.92. The van der Waals surface area contributed by atoms with Crippen LogP contribution in [0.3, 0.4) is 0 Å². The van der Waals surface area contributed by atoms with Crippen LogP contribution in [0, 0.1) is 12.8 Å². The smallest absolute Gasteiger partial charge is 0.267 e. The van der Waals surface area contributed by atoms with E-state index in [9.17, 15) is 14.4 Å². The number of para-hydroxylation sites is 1. The third-order valence-electron chi connectivity index (χ3n) is 6.69. The number of rotatable bonds is 7. The van der Waals surface area contributed by atoms with Crippen LogP contribution in [0.15, 0.2) is 90.1 Å². The lowest BCUT2D eigenvalue weighted by Gasteiger charge is -2.12. The van der Waals surface area contributed by atoms with Gasteiger partial charge in [0.2, 0.25) is 5.91 Å². The van der Waals surface area contributed by atoms with Crippen molar-refractivity contribution in [3.63, 3.8) is 0 Å². The molecule has 2 aromatic carbocycles. The monoisotopic (exact) mass is 551 g/mol. The van der Waals surface area contributed by atoms with E-state index in [0.717, 1.165) is 24.1 Å². The number of nitrogens with zero attached hydrogens (tertiary/aromatic N) is 3. The Morgan fingerprint density at radius 3 is 2.60 bits per heavy atom. The molecule has 5 aromatic rings. The van der Waals surface area contributed by atoms with Crippen LogP contribution in [0.4, 0.5) is 11.5 Å². The van der Waals surface area contributed by atoms with Crippen molar-refractivity contribution in [2.24, 2.45) is 5.92 Å². The maximum atomic E-state index is 13.1. The van der Waals surface area contributed by atoms with Crippen molar-refractivity contribution < 1.29 is 14.3 Å². The molecule has 1 fully saturated rings. The summed E-state index contributed by atoms with van der Waals surface area (Å²) < 4.78 is 9.34. The predicted molar refractivity (Wildman–Crippen MR) is 157 cm³/mol. The number of nitrogens with one attached hydrogen (secondary N) is 2. The molecular formula is C30H26N5O4P. The number of hydrogen-bond acceptors (Lipinski definition) is 5. The molecule has 2 amide bonds. The van der Waals surface area contributed by atoms with Crippen molar-refractivity contribution in [2.75, 3.05) is 10.6 Å². The van der Waals surface area contributed by atoms with E-state index < -0.39 is 11.5 Å². The molecule has 0 saturated heterocycles. The number of aromatic nitrogens is 3. The maximum Gasteiger partial charge on any atom is 0.267 e. The van der Waals surface area contributed by atoms with E-state index in [4.69, 9.17) is 4.74 Å². The lowest BCUT2D eigenvalue weighted by molar-refractivity contribution is -0.117. The van der Waals surface area contributed by atoms with E-state index in [1.807, 2.05) is 37.3 Å². The third kappa shape index (κ3) is 5.24. The van der Waals surface area contributed by atoms with Crippen LogP contribution in [-0.2, 0) is 4.79 Å². The number of aryl methyl sites for hydroxylation is 1. The topological polar surface area (TPSA) is 107 Å². The molecule has 10 heteroatoms. The van der Waals surface area contributed by atoms with Crippen molar-refractivity contribution in [1.29, 1.82) is 0 Å². The minimum Gasteiger partial charge on any atom is -0.455 e. The number of anilines is 2. The zero-order valence-corrected chi connectivity index (χ0v) is 22.8. The molecule has 9 nitrogen and oxygen atoms in total. The van der Waals surface area contributed by atoms with Gasteiger partial charge in [-0.3, -0.25) is 19.0 Å². The molecule has 200 valence electrons. The number of carbonyl (C=O) groups is 2. The Hall–Kier alpha value is -4.75. The molecule has 1 aliphatic carbocycles. The number of ether oxygens (including phenoxy) is 1.